The number of pyridine rings is 1. The van der Waals surface area contributed by atoms with Gasteiger partial charge in [-0.2, -0.15) is 0 Å². The number of amides is 1. The molecule has 0 bridgehead atoms. The van der Waals surface area contributed by atoms with Crippen molar-refractivity contribution in [1.82, 2.24) is 10.3 Å². The van der Waals surface area contributed by atoms with E-state index in [0.717, 1.165) is 43.1 Å². The minimum Gasteiger partial charge on any atom is -0.495 e. The van der Waals surface area contributed by atoms with E-state index in [2.05, 4.69) is 50.4 Å². The van der Waals surface area contributed by atoms with E-state index in [1.54, 1.807) is 19.5 Å². The second kappa shape index (κ2) is 8.91. The molecule has 1 N–H and O–H groups in total. The Morgan fingerprint density at radius 3 is 2.69 bits per heavy atom. The number of piperazine rings is 1. The molecule has 1 amide bonds. The molecule has 6 nitrogen and oxygen atoms in total. The van der Waals surface area contributed by atoms with Crippen LogP contribution in [0.4, 0.5) is 11.4 Å². The van der Waals surface area contributed by atoms with Gasteiger partial charge < -0.3 is 19.9 Å². The molecule has 0 spiro atoms. The van der Waals surface area contributed by atoms with Gasteiger partial charge >= 0.3 is 0 Å². The van der Waals surface area contributed by atoms with Gasteiger partial charge in [0, 0.05) is 44.3 Å². The van der Waals surface area contributed by atoms with Crippen LogP contribution in [0.5, 0.6) is 5.75 Å². The standard InChI is InChI=1S/C26H28N4O2/c1-32-25-11-5-4-10-23(25)29-13-14-30-22-9-3-2-8-20(22)15-21(24(30)18-29)26(31)28-17-19-7-6-12-27-16-19/h2-12,16,21,24H,13-15,17-18H2,1H3,(H,28,31)/t21-,24-/m0/s1. The molecule has 2 aliphatic rings. The van der Waals surface area contributed by atoms with Crippen molar-refractivity contribution in [2.24, 2.45) is 5.92 Å². The third kappa shape index (κ3) is 3.88. The van der Waals surface area contributed by atoms with Gasteiger partial charge in [-0.25, -0.2) is 0 Å². The minimum atomic E-state index is -0.126. The van der Waals surface area contributed by atoms with E-state index in [1.807, 2.05) is 30.3 Å². The van der Waals surface area contributed by atoms with Gasteiger partial charge in [-0.05, 0) is 41.8 Å². The summed E-state index contributed by atoms with van der Waals surface area (Å²) in [5.41, 5.74) is 4.60. The van der Waals surface area contributed by atoms with Crippen molar-refractivity contribution in [2.45, 2.75) is 19.0 Å². The first kappa shape index (κ1) is 20.4. The van der Waals surface area contributed by atoms with E-state index in [0.29, 0.717) is 6.54 Å². The van der Waals surface area contributed by atoms with Crippen molar-refractivity contribution in [3.63, 3.8) is 0 Å². The molecule has 0 aliphatic carbocycles. The Labute approximate surface area is 188 Å². The lowest BCUT2D eigenvalue weighted by molar-refractivity contribution is -0.126. The van der Waals surface area contributed by atoms with Gasteiger partial charge in [-0.15, -0.1) is 0 Å². The monoisotopic (exact) mass is 428 g/mol. The van der Waals surface area contributed by atoms with Crippen molar-refractivity contribution in [1.29, 1.82) is 0 Å². The Kier molecular flexibility index (Phi) is 5.67. The number of nitrogens with one attached hydrogen (secondary N) is 1. The number of hydrogen-bond donors (Lipinski definition) is 1. The zero-order valence-corrected chi connectivity index (χ0v) is 18.3. The number of carbonyl (C=O) groups is 1. The number of anilines is 2. The Bertz CT molecular complexity index is 1090. The van der Waals surface area contributed by atoms with E-state index in [9.17, 15) is 4.79 Å². The maximum Gasteiger partial charge on any atom is 0.225 e. The van der Waals surface area contributed by atoms with Crippen LogP contribution in [-0.2, 0) is 17.8 Å². The molecule has 5 rings (SSSR count). The number of aromatic nitrogens is 1. The van der Waals surface area contributed by atoms with Gasteiger partial charge in [0.1, 0.15) is 5.75 Å². The highest BCUT2D eigenvalue weighted by Gasteiger charge is 2.41. The van der Waals surface area contributed by atoms with Crippen LogP contribution < -0.4 is 19.9 Å². The number of rotatable bonds is 5. The summed E-state index contributed by atoms with van der Waals surface area (Å²) in [6.07, 6.45) is 4.29. The van der Waals surface area contributed by atoms with Crippen molar-refractivity contribution < 1.29 is 9.53 Å². The fraction of sp³-hybridized carbons (Fsp3) is 0.308. The molecule has 2 aromatic carbocycles. The summed E-state index contributed by atoms with van der Waals surface area (Å²) in [6.45, 7) is 3.02. The maximum atomic E-state index is 13.4. The van der Waals surface area contributed by atoms with Crippen molar-refractivity contribution >= 4 is 17.3 Å². The second-order valence-corrected chi connectivity index (χ2v) is 8.40. The highest BCUT2D eigenvalue weighted by Crippen LogP contribution is 2.38. The van der Waals surface area contributed by atoms with E-state index >= 15 is 0 Å². The largest absolute Gasteiger partial charge is 0.495 e. The van der Waals surface area contributed by atoms with Gasteiger partial charge in [0.05, 0.1) is 24.8 Å². The van der Waals surface area contributed by atoms with Crippen LogP contribution >= 0.6 is 0 Å². The Morgan fingerprint density at radius 1 is 1.06 bits per heavy atom. The molecule has 0 unspecified atom stereocenters. The lowest BCUT2D eigenvalue weighted by Gasteiger charge is -2.49. The zero-order chi connectivity index (χ0) is 21.9. The normalized spacial score (nSPS) is 19.7. The van der Waals surface area contributed by atoms with Crippen LogP contribution in [-0.4, -0.2) is 43.7 Å². The number of hydrogen-bond acceptors (Lipinski definition) is 5. The van der Waals surface area contributed by atoms with Gasteiger partial charge in [0.25, 0.3) is 0 Å². The highest BCUT2D eigenvalue weighted by atomic mass is 16.5. The predicted octanol–water partition coefficient (Wildman–Crippen LogP) is 3.27. The molecular weight excluding hydrogens is 400 g/mol. The first-order valence-electron chi connectivity index (χ1n) is 11.1. The Balaban J connectivity index is 1.41. The lowest BCUT2D eigenvalue weighted by atomic mass is 9.83. The molecule has 1 saturated heterocycles. The molecule has 3 heterocycles. The predicted molar refractivity (Wildman–Crippen MR) is 126 cm³/mol. The number of ether oxygens (including phenoxy) is 1. The van der Waals surface area contributed by atoms with Crippen molar-refractivity contribution in [2.75, 3.05) is 36.5 Å². The number of nitrogens with zero attached hydrogens (tertiary/aromatic N) is 3. The molecule has 32 heavy (non-hydrogen) atoms. The molecule has 3 aromatic rings. The van der Waals surface area contributed by atoms with E-state index in [4.69, 9.17) is 4.74 Å². The Hall–Kier alpha value is -3.54. The fourth-order valence-electron chi connectivity index (χ4n) is 4.99. The van der Waals surface area contributed by atoms with E-state index in [1.165, 1.54) is 11.3 Å². The van der Waals surface area contributed by atoms with Gasteiger partial charge in [-0.1, -0.05) is 36.4 Å². The summed E-state index contributed by atoms with van der Waals surface area (Å²) in [5, 5.41) is 3.16. The Morgan fingerprint density at radius 2 is 1.88 bits per heavy atom. The van der Waals surface area contributed by atoms with Gasteiger partial charge in [-0.3, -0.25) is 9.78 Å². The van der Waals surface area contributed by atoms with Crippen LogP contribution in [0.25, 0.3) is 0 Å². The molecule has 0 radical (unpaired) electrons. The molecule has 164 valence electrons. The van der Waals surface area contributed by atoms with Crippen molar-refractivity contribution in [3.05, 3.63) is 84.2 Å². The van der Waals surface area contributed by atoms with Gasteiger partial charge in [0.2, 0.25) is 5.91 Å². The molecule has 0 saturated carbocycles. The maximum absolute atomic E-state index is 13.4. The smallest absolute Gasteiger partial charge is 0.225 e. The summed E-state index contributed by atoms with van der Waals surface area (Å²) in [4.78, 5) is 22.3. The summed E-state index contributed by atoms with van der Waals surface area (Å²) < 4.78 is 5.61. The number of para-hydroxylation sites is 3. The molecule has 2 aliphatic heterocycles. The fourth-order valence-corrected chi connectivity index (χ4v) is 4.99. The van der Waals surface area contributed by atoms with Crippen LogP contribution in [0.2, 0.25) is 0 Å². The molecule has 1 aromatic heterocycles. The summed E-state index contributed by atoms with van der Waals surface area (Å²) in [5.74, 6) is 0.842. The minimum absolute atomic E-state index is 0.0949. The third-order valence-corrected chi connectivity index (χ3v) is 6.58. The van der Waals surface area contributed by atoms with Crippen LogP contribution in [0, 0.1) is 5.92 Å². The average molecular weight is 429 g/mol. The van der Waals surface area contributed by atoms with Crippen LogP contribution in [0.3, 0.4) is 0 Å². The van der Waals surface area contributed by atoms with Crippen LogP contribution in [0.15, 0.2) is 73.1 Å². The quantitative estimate of drug-likeness (QED) is 0.676. The van der Waals surface area contributed by atoms with Gasteiger partial charge in [0.15, 0.2) is 0 Å². The third-order valence-electron chi connectivity index (χ3n) is 6.58. The molecule has 1 fully saturated rings. The van der Waals surface area contributed by atoms with E-state index in [-0.39, 0.29) is 17.9 Å². The summed E-state index contributed by atoms with van der Waals surface area (Å²) >= 11 is 0. The lowest BCUT2D eigenvalue weighted by Crippen LogP contribution is -2.61. The average Bonchev–Trinajstić information content (AvgIpc) is 2.87. The first-order valence-corrected chi connectivity index (χ1v) is 11.1. The second-order valence-electron chi connectivity index (χ2n) is 8.40. The SMILES string of the molecule is COc1ccccc1N1CCN2c3ccccc3C[C@H](C(=O)NCc3cccnc3)[C@@H]2C1. The first-order chi connectivity index (χ1) is 15.7. The molecule has 2 atom stereocenters. The van der Waals surface area contributed by atoms with Crippen LogP contribution in [0.1, 0.15) is 11.1 Å². The van der Waals surface area contributed by atoms with Crippen molar-refractivity contribution in [3.8, 4) is 5.75 Å². The molecular formula is C26H28N4O2. The summed E-state index contributed by atoms with van der Waals surface area (Å²) in [6, 6.07) is 20.6. The zero-order valence-electron chi connectivity index (χ0n) is 18.3. The number of benzene rings is 2. The topological polar surface area (TPSA) is 57.7 Å². The number of fused-ring (bicyclic) bond motifs is 3. The number of carbonyl (C=O) groups excluding carboxylic acids is 1. The molecule has 6 heteroatoms. The van der Waals surface area contributed by atoms with E-state index < -0.39 is 0 Å². The number of methoxy groups -OCH3 is 1. The summed E-state index contributed by atoms with van der Waals surface area (Å²) in [7, 11) is 1.71. The highest BCUT2D eigenvalue weighted by molar-refractivity contribution is 5.82.